The number of amides is 7. The normalized spacial score (nSPS) is 20.0. The molecule has 4 aromatic carbocycles. The molecule has 7 rings (SSSR count). The molecule has 2 aliphatic heterocycles. The Morgan fingerprint density at radius 1 is 0.684 bits per heavy atom. The first-order valence-corrected chi connectivity index (χ1v) is 27.8. The molecule has 6 N–H and O–H groups in total. The van der Waals surface area contributed by atoms with Gasteiger partial charge in [0.05, 0.1) is 30.8 Å². The molecule has 3 aliphatic rings. The van der Waals surface area contributed by atoms with Crippen molar-refractivity contribution in [3.05, 3.63) is 142 Å². The Bertz CT molecular complexity index is 2830. The van der Waals surface area contributed by atoms with E-state index in [1.807, 2.05) is 120 Å². The summed E-state index contributed by atoms with van der Waals surface area (Å²) < 4.78 is 5.85. The van der Waals surface area contributed by atoms with E-state index in [9.17, 15) is 24.0 Å². The number of likely N-dealkylation sites (N-methyl/N-ethyl adjacent to an activating group) is 2. The van der Waals surface area contributed by atoms with Gasteiger partial charge in [-0.25, -0.2) is 0 Å². The van der Waals surface area contributed by atoms with Crippen LogP contribution in [0.25, 0.3) is 0 Å². The number of ether oxygens (including phenoxy) is 1. The van der Waals surface area contributed by atoms with Crippen molar-refractivity contribution < 1.29 is 38.3 Å². The molecule has 2 heterocycles. The van der Waals surface area contributed by atoms with Gasteiger partial charge in [-0.15, -0.1) is 0 Å². The van der Waals surface area contributed by atoms with Crippen molar-refractivity contribution >= 4 is 41.4 Å². The zero-order valence-corrected chi connectivity index (χ0v) is 48.0. The summed E-state index contributed by atoms with van der Waals surface area (Å²) in [6.45, 7) is 15.0. The number of benzene rings is 4. The third kappa shape index (κ3) is 14.3. The van der Waals surface area contributed by atoms with E-state index in [0.717, 1.165) is 41.5 Å². The molecular formula is C62H83N9O8. The lowest BCUT2D eigenvalue weighted by atomic mass is 9.84. The van der Waals surface area contributed by atoms with Crippen LogP contribution in [0.1, 0.15) is 130 Å². The zero-order valence-electron chi connectivity index (χ0n) is 48.0. The highest BCUT2D eigenvalue weighted by Crippen LogP contribution is 2.34. The second-order valence-electron chi connectivity index (χ2n) is 23.7. The molecule has 1 saturated heterocycles. The first-order valence-electron chi connectivity index (χ1n) is 27.8. The SMILES string of the molecule is CN[C@@H](C)C(=O)N[C@H](C(=O)N1CC(NC(=O)c2cccc(CN(C(=O)[C@@H]3Cc4ccccc4CN3C(=O)[C@@H](NC(=O)[C@H](C)NC)C(C)(C)C)[C@@H](COC)c3ccccc3)c2)C[C@H]1C(=O)NC1CCCc2ccccc21)C(C)(C)C. The smallest absolute Gasteiger partial charge is 0.251 e. The summed E-state index contributed by atoms with van der Waals surface area (Å²) in [4.78, 5) is 107. The molecule has 2 unspecified atom stereocenters. The van der Waals surface area contributed by atoms with E-state index in [1.165, 1.54) is 10.5 Å². The van der Waals surface area contributed by atoms with Gasteiger partial charge in [0, 0.05) is 44.8 Å². The van der Waals surface area contributed by atoms with Gasteiger partial charge in [0.2, 0.25) is 35.4 Å². The first-order chi connectivity index (χ1) is 37.5. The lowest BCUT2D eigenvalue weighted by molar-refractivity contribution is -0.153. The predicted octanol–water partition coefficient (Wildman–Crippen LogP) is 5.53. The molecule has 4 aromatic rings. The van der Waals surface area contributed by atoms with Gasteiger partial charge >= 0.3 is 0 Å². The molecule has 0 saturated carbocycles. The number of aryl methyl sites for hydroxylation is 1. The van der Waals surface area contributed by atoms with Crippen LogP contribution in [-0.2, 0) is 59.4 Å². The molecule has 79 heavy (non-hydrogen) atoms. The van der Waals surface area contributed by atoms with E-state index in [-0.39, 0.29) is 74.7 Å². The van der Waals surface area contributed by atoms with Crippen LogP contribution in [0.2, 0.25) is 0 Å². The average molecular weight is 1080 g/mol. The number of carbonyl (C=O) groups excluding carboxylic acids is 7. The Morgan fingerprint density at radius 2 is 1.27 bits per heavy atom. The average Bonchev–Trinajstić information content (AvgIpc) is 3.98. The van der Waals surface area contributed by atoms with Crippen LogP contribution >= 0.6 is 0 Å². The molecule has 1 aliphatic carbocycles. The van der Waals surface area contributed by atoms with E-state index >= 15 is 9.59 Å². The number of rotatable bonds is 19. The lowest BCUT2D eigenvalue weighted by Gasteiger charge is -2.44. The Kier molecular flexibility index (Phi) is 19.6. The quantitative estimate of drug-likeness (QED) is 0.0692. The standard InChI is InChI=1S/C62H83N9O8/c1-38(63-9)54(72)67-52(61(3,4)5)59(77)70-35-45-26-16-15-25-43(45)32-50(70)58(76)69(51(37-79-11)42-23-13-12-14-24-42)34-40-21-19-28-44(31-40)56(74)65-46-33-49(57(75)66-48-30-20-27-41-22-17-18-29-47(41)48)71(36-46)60(78)53(62(6,7)8)68-55(73)39(2)64-10/h12-19,21-26,28-29,31,38-39,46,48-53,63-64H,20,27,30,32-37H2,1-11H3,(H,65,74)(H,66,75)(H,67,72)(H,68,73)/t38-,39-,46?,48?,49-,50-,51-,52+,53+/m0/s1. The van der Waals surface area contributed by atoms with Gasteiger partial charge in [0.15, 0.2) is 0 Å². The van der Waals surface area contributed by atoms with Crippen molar-refractivity contribution in [2.45, 2.75) is 155 Å². The van der Waals surface area contributed by atoms with Gasteiger partial charge < -0.3 is 51.3 Å². The van der Waals surface area contributed by atoms with Crippen molar-refractivity contribution in [1.29, 1.82) is 0 Å². The number of nitrogens with one attached hydrogen (secondary N) is 6. The lowest BCUT2D eigenvalue weighted by Crippen LogP contribution is -2.62. The van der Waals surface area contributed by atoms with Crippen LogP contribution < -0.4 is 31.9 Å². The van der Waals surface area contributed by atoms with Crippen molar-refractivity contribution in [3.63, 3.8) is 0 Å². The molecule has 1 fully saturated rings. The Labute approximate surface area is 466 Å². The molecule has 0 bridgehead atoms. The van der Waals surface area contributed by atoms with Crippen LogP contribution in [0, 0.1) is 10.8 Å². The number of likely N-dealkylation sites (tertiary alicyclic amines) is 1. The maximum absolute atomic E-state index is 15.8. The minimum Gasteiger partial charge on any atom is -0.382 e. The highest BCUT2D eigenvalue weighted by atomic mass is 16.5. The summed E-state index contributed by atoms with van der Waals surface area (Å²) in [5.74, 6) is -2.63. The van der Waals surface area contributed by atoms with E-state index in [0.29, 0.717) is 11.1 Å². The summed E-state index contributed by atoms with van der Waals surface area (Å²) in [5.41, 5.74) is 4.31. The number of fused-ring (bicyclic) bond motifs is 2. The third-order valence-corrected chi connectivity index (χ3v) is 15.9. The fraction of sp³-hybridized carbons (Fsp3) is 0.500. The topological polar surface area (TPSA) is 211 Å². The summed E-state index contributed by atoms with van der Waals surface area (Å²) in [5, 5.41) is 18.2. The van der Waals surface area contributed by atoms with Crippen LogP contribution in [0.15, 0.2) is 103 Å². The number of carbonyl (C=O) groups is 7. The minimum atomic E-state index is -0.988. The molecule has 424 valence electrons. The van der Waals surface area contributed by atoms with Gasteiger partial charge in [0.1, 0.15) is 24.2 Å². The van der Waals surface area contributed by atoms with Gasteiger partial charge in [-0.3, -0.25) is 33.6 Å². The molecule has 0 aromatic heterocycles. The van der Waals surface area contributed by atoms with E-state index < -0.39 is 71.0 Å². The molecule has 17 nitrogen and oxygen atoms in total. The van der Waals surface area contributed by atoms with Crippen molar-refractivity contribution in [2.24, 2.45) is 10.8 Å². The maximum atomic E-state index is 15.8. The van der Waals surface area contributed by atoms with Crippen LogP contribution in [-0.4, -0.2) is 133 Å². The van der Waals surface area contributed by atoms with Crippen molar-refractivity contribution in [1.82, 2.24) is 46.6 Å². The summed E-state index contributed by atoms with van der Waals surface area (Å²) in [6, 6.07) is 25.8. The highest BCUT2D eigenvalue weighted by Gasteiger charge is 2.47. The highest BCUT2D eigenvalue weighted by molar-refractivity contribution is 5.97. The molecule has 9 atom stereocenters. The van der Waals surface area contributed by atoms with Crippen LogP contribution in [0.4, 0.5) is 0 Å². The second kappa shape index (κ2) is 25.9. The number of hydrogen-bond acceptors (Lipinski definition) is 10. The monoisotopic (exact) mass is 1080 g/mol. The molecular weight excluding hydrogens is 999 g/mol. The van der Waals surface area contributed by atoms with Gasteiger partial charge in [-0.1, -0.05) is 133 Å². The predicted molar refractivity (Wildman–Crippen MR) is 304 cm³/mol. The number of methoxy groups -OCH3 is 1. The third-order valence-electron chi connectivity index (χ3n) is 15.9. The van der Waals surface area contributed by atoms with Gasteiger partial charge in [-0.2, -0.15) is 0 Å². The van der Waals surface area contributed by atoms with E-state index in [2.05, 4.69) is 38.0 Å². The molecule has 7 amide bonds. The minimum absolute atomic E-state index is 0.0136. The van der Waals surface area contributed by atoms with Crippen LogP contribution in [0.5, 0.6) is 0 Å². The van der Waals surface area contributed by atoms with Gasteiger partial charge in [-0.05, 0) is 110 Å². The van der Waals surface area contributed by atoms with Crippen LogP contribution in [0.3, 0.4) is 0 Å². The Balaban J connectivity index is 1.19. The Hall–Kier alpha value is -6.95. The number of hydrogen-bond donors (Lipinski definition) is 6. The molecule has 0 spiro atoms. The van der Waals surface area contributed by atoms with E-state index in [4.69, 9.17) is 4.74 Å². The largest absolute Gasteiger partial charge is 0.382 e. The van der Waals surface area contributed by atoms with Crippen molar-refractivity contribution in [2.75, 3.05) is 34.4 Å². The summed E-state index contributed by atoms with van der Waals surface area (Å²) in [7, 11) is 4.91. The van der Waals surface area contributed by atoms with Gasteiger partial charge in [0.25, 0.3) is 5.91 Å². The van der Waals surface area contributed by atoms with Crippen molar-refractivity contribution in [3.8, 4) is 0 Å². The molecule has 17 heteroatoms. The Morgan fingerprint density at radius 3 is 1.87 bits per heavy atom. The fourth-order valence-corrected chi connectivity index (χ4v) is 11.0. The van der Waals surface area contributed by atoms with E-state index in [1.54, 1.807) is 63.1 Å². The fourth-order valence-electron chi connectivity index (χ4n) is 11.0. The summed E-state index contributed by atoms with van der Waals surface area (Å²) >= 11 is 0. The summed E-state index contributed by atoms with van der Waals surface area (Å²) in [6.07, 6.45) is 2.88. The number of nitrogens with zero attached hydrogens (tertiary/aromatic N) is 3. The maximum Gasteiger partial charge on any atom is 0.251 e. The molecule has 0 radical (unpaired) electrons. The first kappa shape index (κ1) is 59.7. The second-order valence-corrected chi connectivity index (χ2v) is 23.7. The zero-order chi connectivity index (χ0) is 57.3.